The minimum absolute atomic E-state index is 0.00211. The molecule has 186 valence electrons. The highest BCUT2D eigenvalue weighted by Gasteiger charge is 2.36. The molecule has 0 spiro atoms. The van der Waals surface area contributed by atoms with Crippen molar-refractivity contribution in [1.29, 1.82) is 0 Å². The van der Waals surface area contributed by atoms with E-state index < -0.39 is 5.97 Å². The number of ether oxygens (including phenoxy) is 1. The van der Waals surface area contributed by atoms with Crippen molar-refractivity contribution in [2.45, 2.75) is 56.2 Å². The van der Waals surface area contributed by atoms with Gasteiger partial charge in [0.15, 0.2) is 11.6 Å². The second-order valence-electron chi connectivity index (χ2n) is 9.22. The molecule has 5 nitrogen and oxygen atoms in total. The number of anilines is 1. The molecule has 1 aliphatic carbocycles. The third kappa shape index (κ3) is 5.09. The highest BCUT2D eigenvalue weighted by molar-refractivity contribution is 7.99. The van der Waals surface area contributed by atoms with Crippen LogP contribution in [0.4, 0.5) is 5.69 Å². The van der Waals surface area contributed by atoms with E-state index in [9.17, 15) is 14.4 Å². The van der Waals surface area contributed by atoms with Crippen LogP contribution in [-0.2, 0) is 4.74 Å². The maximum absolute atomic E-state index is 13.6. The number of fused-ring (bicyclic) bond motifs is 2. The minimum Gasteiger partial charge on any atom is -0.462 e. The Hall–Kier alpha value is -3.38. The normalized spacial score (nSPS) is 13.2. The Labute approximate surface area is 216 Å². The molecular formula is C30H31NO4S. The molecule has 3 aromatic rings. The predicted molar refractivity (Wildman–Crippen MR) is 143 cm³/mol. The summed E-state index contributed by atoms with van der Waals surface area (Å²) in [7, 11) is 0. The first-order valence-corrected chi connectivity index (χ1v) is 13.2. The molecule has 4 rings (SSSR count). The molecule has 2 N–H and O–H groups in total. The number of rotatable bonds is 9. The van der Waals surface area contributed by atoms with Crippen molar-refractivity contribution >= 4 is 35.0 Å². The summed E-state index contributed by atoms with van der Waals surface area (Å²) >= 11 is 1.34. The van der Waals surface area contributed by atoms with Gasteiger partial charge in [0, 0.05) is 26.5 Å². The SMILES string of the molecule is CCCCC(CC)COC(=O)c1cc(Sc2ccc(C)cc2)c2c(c1N)C(=O)c1ccccc1C2=O. The summed E-state index contributed by atoms with van der Waals surface area (Å²) < 4.78 is 5.68. The van der Waals surface area contributed by atoms with Crippen LogP contribution >= 0.6 is 11.8 Å². The molecule has 0 heterocycles. The highest BCUT2D eigenvalue weighted by atomic mass is 32.2. The molecule has 6 heteroatoms. The monoisotopic (exact) mass is 501 g/mol. The van der Waals surface area contributed by atoms with Gasteiger partial charge in [-0.05, 0) is 37.5 Å². The van der Waals surface area contributed by atoms with E-state index in [-0.39, 0.29) is 39.9 Å². The number of ketones is 2. The Morgan fingerprint density at radius 3 is 2.22 bits per heavy atom. The lowest BCUT2D eigenvalue weighted by Gasteiger charge is -2.23. The third-order valence-electron chi connectivity index (χ3n) is 6.66. The number of nitrogens with two attached hydrogens (primary N) is 1. The molecule has 0 saturated carbocycles. The van der Waals surface area contributed by atoms with Crippen LogP contribution in [0.3, 0.4) is 0 Å². The number of nitrogen functional groups attached to an aromatic ring is 1. The fraction of sp³-hybridized carbons (Fsp3) is 0.300. The maximum Gasteiger partial charge on any atom is 0.340 e. The van der Waals surface area contributed by atoms with Crippen molar-refractivity contribution < 1.29 is 19.1 Å². The molecule has 1 aliphatic rings. The number of esters is 1. The molecule has 1 unspecified atom stereocenters. The standard InChI is InChI=1S/C30H31NO4S/c1-4-6-9-19(5-2)17-35-30(34)23-16-24(36-20-14-12-18(3)13-15-20)25-26(27(23)31)29(33)22-11-8-7-10-21(22)28(25)32/h7-8,10-16,19H,4-6,9,17,31H2,1-3H3. The average molecular weight is 502 g/mol. The van der Waals surface area contributed by atoms with Gasteiger partial charge in [0.2, 0.25) is 0 Å². The number of unbranched alkanes of at least 4 members (excludes halogenated alkanes) is 1. The maximum atomic E-state index is 13.6. The van der Waals surface area contributed by atoms with Gasteiger partial charge in [0.25, 0.3) is 0 Å². The molecule has 0 amide bonds. The first-order chi connectivity index (χ1) is 17.3. The molecule has 0 saturated heterocycles. The van der Waals surface area contributed by atoms with Crippen LogP contribution in [0.5, 0.6) is 0 Å². The predicted octanol–water partition coefficient (Wildman–Crippen LogP) is 6.88. The smallest absolute Gasteiger partial charge is 0.340 e. The van der Waals surface area contributed by atoms with Gasteiger partial charge in [-0.25, -0.2) is 4.79 Å². The zero-order valence-electron chi connectivity index (χ0n) is 20.9. The van der Waals surface area contributed by atoms with E-state index in [0.29, 0.717) is 22.6 Å². The summed E-state index contributed by atoms with van der Waals surface area (Å²) in [6.45, 7) is 6.51. The van der Waals surface area contributed by atoms with Gasteiger partial charge >= 0.3 is 5.97 Å². The lowest BCUT2D eigenvalue weighted by molar-refractivity contribution is 0.0429. The number of carbonyl (C=O) groups is 3. The van der Waals surface area contributed by atoms with E-state index in [0.717, 1.165) is 36.1 Å². The molecule has 0 aliphatic heterocycles. The van der Waals surface area contributed by atoms with Crippen LogP contribution in [0.2, 0.25) is 0 Å². The van der Waals surface area contributed by atoms with Crippen molar-refractivity contribution in [2.24, 2.45) is 5.92 Å². The van der Waals surface area contributed by atoms with E-state index in [4.69, 9.17) is 10.5 Å². The zero-order chi connectivity index (χ0) is 25.8. The van der Waals surface area contributed by atoms with Gasteiger partial charge in [-0.1, -0.05) is 86.8 Å². The molecule has 0 aromatic heterocycles. The highest BCUT2D eigenvalue weighted by Crippen LogP contribution is 2.41. The second-order valence-corrected chi connectivity index (χ2v) is 10.3. The van der Waals surface area contributed by atoms with Gasteiger partial charge in [-0.15, -0.1) is 0 Å². The van der Waals surface area contributed by atoms with E-state index >= 15 is 0 Å². The fourth-order valence-corrected chi connectivity index (χ4v) is 5.44. The summed E-state index contributed by atoms with van der Waals surface area (Å²) in [5.74, 6) is -0.932. The largest absolute Gasteiger partial charge is 0.462 e. The van der Waals surface area contributed by atoms with Crippen LogP contribution in [-0.4, -0.2) is 24.1 Å². The molecule has 1 atom stereocenters. The fourth-order valence-electron chi connectivity index (χ4n) is 4.44. The van der Waals surface area contributed by atoms with Gasteiger partial charge in [0.1, 0.15) is 0 Å². The summed E-state index contributed by atoms with van der Waals surface area (Å²) in [6.07, 6.45) is 4.05. The molecule has 3 aromatic carbocycles. The van der Waals surface area contributed by atoms with E-state index in [2.05, 4.69) is 13.8 Å². The number of aryl methyl sites for hydroxylation is 1. The Balaban J connectivity index is 1.78. The Kier molecular flexibility index (Phi) is 7.94. The van der Waals surface area contributed by atoms with Crippen LogP contribution in [0.1, 0.15) is 87.3 Å². The van der Waals surface area contributed by atoms with Crippen molar-refractivity contribution in [3.63, 3.8) is 0 Å². The second kappa shape index (κ2) is 11.1. The van der Waals surface area contributed by atoms with Crippen molar-refractivity contribution in [2.75, 3.05) is 12.3 Å². The van der Waals surface area contributed by atoms with Crippen LogP contribution in [0.25, 0.3) is 0 Å². The van der Waals surface area contributed by atoms with Gasteiger partial charge in [0.05, 0.1) is 23.4 Å². The van der Waals surface area contributed by atoms with Crippen molar-refractivity contribution in [3.8, 4) is 0 Å². The zero-order valence-corrected chi connectivity index (χ0v) is 21.7. The Bertz CT molecular complexity index is 1310. The quantitative estimate of drug-likeness (QED) is 0.199. The summed E-state index contributed by atoms with van der Waals surface area (Å²) in [4.78, 5) is 41.7. The average Bonchev–Trinajstić information content (AvgIpc) is 2.89. The Morgan fingerprint density at radius 1 is 0.972 bits per heavy atom. The van der Waals surface area contributed by atoms with Crippen molar-refractivity contribution in [3.05, 3.63) is 88.0 Å². The first kappa shape index (κ1) is 25.7. The number of benzene rings is 3. The number of hydrogen-bond acceptors (Lipinski definition) is 6. The lowest BCUT2D eigenvalue weighted by Crippen LogP contribution is -2.25. The van der Waals surface area contributed by atoms with E-state index in [1.54, 1.807) is 30.3 Å². The van der Waals surface area contributed by atoms with Crippen molar-refractivity contribution in [1.82, 2.24) is 0 Å². The number of carbonyl (C=O) groups excluding carboxylic acids is 3. The molecule has 0 fully saturated rings. The molecular weight excluding hydrogens is 470 g/mol. The minimum atomic E-state index is -0.574. The van der Waals surface area contributed by atoms with Gasteiger partial charge in [-0.2, -0.15) is 0 Å². The number of hydrogen-bond donors (Lipinski definition) is 1. The van der Waals surface area contributed by atoms with Crippen LogP contribution in [0.15, 0.2) is 64.4 Å². The Morgan fingerprint density at radius 2 is 1.61 bits per heavy atom. The summed E-state index contributed by atoms with van der Waals surface area (Å²) in [6, 6.07) is 16.2. The van der Waals surface area contributed by atoms with Gasteiger partial charge < -0.3 is 10.5 Å². The molecule has 0 bridgehead atoms. The molecule has 0 radical (unpaired) electrons. The first-order valence-electron chi connectivity index (χ1n) is 12.4. The molecule has 36 heavy (non-hydrogen) atoms. The van der Waals surface area contributed by atoms with Crippen LogP contribution in [0, 0.1) is 12.8 Å². The summed E-state index contributed by atoms with van der Waals surface area (Å²) in [5.41, 5.74) is 8.63. The third-order valence-corrected chi connectivity index (χ3v) is 7.71. The summed E-state index contributed by atoms with van der Waals surface area (Å²) in [5, 5.41) is 0. The topological polar surface area (TPSA) is 86.5 Å². The van der Waals surface area contributed by atoms with E-state index in [1.807, 2.05) is 31.2 Å². The van der Waals surface area contributed by atoms with E-state index in [1.165, 1.54) is 11.8 Å². The van der Waals surface area contributed by atoms with Gasteiger partial charge in [-0.3, -0.25) is 9.59 Å². The lowest BCUT2D eigenvalue weighted by atomic mass is 9.82. The van der Waals surface area contributed by atoms with Crippen LogP contribution < -0.4 is 5.73 Å².